The van der Waals surface area contributed by atoms with Crippen molar-refractivity contribution in [1.82, 2.24) is 9.97 Å². The summed E-state index contributed by atoms with van der Waals surface area (Å²) in [6.45, 7) is 0.232. The van der Waals surface area contributed by atoms with Gasteiger partial charge in [0.1, 0.15) is 6.61 Å². The molecule has 1 aromatic heterocycles. The van der Waals surface area contributed by atoms with E-state index >= 15 is 0 Å². The number of hydrogen-bond acceptors (Lipinski definition) is 4. The molecule has 0 radical (unpaired) electrons. The molecule has 2 rings (SSSR count). The van der Waals surface area contributed by atoms with Gasteiger partial charge in [-0.05, 0) is 12.1 Å². The molecule has 0 atom stereocenters. The van der Waals surface area contributed by atoms with Crippen molar-refractivity contribution in [1.29, 1.82) is 0 Å². The Morgan fingerprint density at radius 1 is 1.12 bits per heavy atom. The maximum absolute atomic E-state index is 8.62. The van der Waals surface area contributed by atoms with Gasteiger partial charge < -0.3 is 9.84 Å². The monoisotopic (exact) mass is 294 g/mol. The van der Waals surface area contributed by atoms with E-state index in [-0.39, 0.29) is 13.2 Å². The lowest BCUT2D eigenvalue weighted by molar-refractivity contribution is 0.200. The first-order valence-electron chi connectivity index (χ1n) is 5.11. The highest BCUT2D eigenvalue weighted by Crippen LogP contribution is 2.19. The van der Waals surface area contributed by atoms with E-state index in [2.05, 4.69) is 25.9 Å². The average molecular weight is 295 g/mol. The second kappa shape index (κ2) is 5.75. The highest BCUT2D eigenvalue weighted by atomic mass is 79.9. The molecule has 1 aromatic carbocycles. The zero-order valence-electron chi connectivity index (χ0n) is 9.01. The van der Waals surface area contributed by atoms with E-state index in [1.165, 1.54) is 0 Å². The first-order chi connectivity index (χ1) is 8.29. The molecule has 0 saturated carbocycles. The van der Waals surface area contributed by atoms with Crippen LogP contribution in [0.1, 0.15) is 0 Å². The molecule has 0 saturated heterocycles. The van der Waals surface area contributed by atoms with E-state index < -0.39 is 0 Å². The zero-order valence-corrected chi connectivity index (χ0v) is 10.6. The van der Waals surface area contributed by atoms with Crippen molar-refractivity contribution in [3.8, 4) is 17.1 Å². The van der Waals surface area contributed by atoms with E-state index in [1.807, 2.05) is 24.3 Å². The van der Waals surface area contributed by atoms with Gasteiger partial charge in [-0.2, -0.15) is 0 Å². The van der Waals surface area contributed by atoms with Gasteiger partial charge in [0, 0.05) is 10.0 Å². The third-order valence-corrected chi connectivity index (χ3v) is 2.62. The van der Waals surface area contributed by atoms with Crippen LogP contribution in [0.25, 0.3) is 11.4 Å². The molecule has 0 aliphatic carbocycles. The van der Waals surface area contributed by atoms with E-state index in [4.69, 9.17) is 9.84 Å². The van der Waals surface area contributed by atoms with Crippen LogP contribution in [0.4, 0.5) is 0 Å². The molecule has 0 spiro atoms. The summed E-state index contributed by atoms with van der Waals surface area (Å²) in [7, 11) is 0. The maximum atomic E-state index is 8.62. The Bertz CT molecular complexity index is 471. The molecule has 1 N–H and O–H groups in total. The summed E-state index contributed by atoms with van der Waals surface area (Å²) >= 11 is 3.37. The number of hydrogen-bond donors (Lipinski definition) is 1. The lowest BCUT2D eigenvalue weighted by Crippen LogP contribution is -2.02. The minimum absolute atomic E-state index is 0.0194. The number of nitrogens with zero attached hydrogens (tertiary/aromatic N) is 2. The summed E-state index contributed by atoms with van der Waals surface area (Å²) in [5.41, 5.74) is 0.946. The zero-order chi connectivity index (χ0) is 12.1. The molecule has 88 valence electrons. The molecule has 5 heteroatoms. The normalized spacial score (nSPS) is 10.2. The van der Waals surface area contributed by atoms with Crippen LogP contribution in [-0.4, -0.2) is 28.3 Å². The standard InChI is InChI=1S/C12H11BrN2O2/c13-10-3-1-9(2-4-10)12-14-7-11(8-15-12)17-6-5-16/h1-4,7-8,16H,5-6H2. The van der Waals surface area contributed by atoms with Crippen molar-refractivity contribution in [3.05, 3.63) is 41.1 Å². The highest BCUT2D eigenvalue weighted by Gasteiger charge is 2.01. The van der Waals surface area contributed by atoms with Gasteiger partial charge >= 0.3 is 0 Å². The van der Waals surface area contributed by atoms with Crippen molar-refractivity contribution in [3.63, 3.8) is 0 Å². The predicted octanol–water partition coefficient (Wildman–Crippen LogP) is 2.28. The molecular formula is C12H11BrN2O2. The fourth-order valence-corrected chi connectivity index (χ4v) is 1.57. The topological polar surface area (TPSA) is 55.2 Å². The third kappa shape index (κ3) is 3.25. The van der Waals surface area contributed by atoms with Crippen molar-refractivity contribution in [2.45, 2.75) is 0 Å². The summed E-state index contributed by atoms with van der Waals surface area (Å²) in [6, 6.07) is 7.76. The Labute approximate surface area is 107 Å². The Balaban J connectivity index is 2.14. The third-order valence-electron chi connectivity index (χ3n) is 2.09. The number of aliphatic hydroxyl groups is 1. The Morgan fingerprint density at radius 2 is 1.76 bits per heavy atom. The van der Waals surface area contributed by atoms with Crippen molar-refractivity contribution in [2.24, 2.45) is 0 Å². The summed E-state index contributed by atoms with van der Waals surface area (Å²) in [6.07, 6.45) is 3.19. The molecule has 0 amide bonds. The van der Waals surface area contributed by atoms with Crippen LogP contribution < -0.4 is 4.74 Å². The van der Waals surface area contributed by atoms with Gasteiger partial charge in [-0.3, -0.25) is 0 Å². The lowest BCUT2D eigenvalue weighted by Gasteiger charge is -2.04. The SMILES string of the molecule is OCCOc1cnc(-c2ccc(Br)cc2)nc1. The summed E-state index contributed by atoms with van der Waals surface area (Å²) in [5.74, 6) is 1.20. The summed E-state index contributed by atoms with van der Waals surface area (Å²) in [4.78, 5) is 8.40. The number of rotatable bonds is 4. The maximum Gasteiger partial charge on any atom is 0.159 e. The fourth-order valence-electron chi connectivity index (χ4n) is 1.30. The van der Waals surface area contributed by atoms with Gasteiger partial charge in [0.2, 0.25) is 0 Å². The molecule has 0 fully saturated rings. The quantitative estimate of drug-likeness (QED) is 0.940. The number of aliphatic hydroxyl groups excluding tert-OH is 1. The number of aromatic nitrogens is 2. The fraction of sp³-hybridized carbons (Fsp3) is 0.167. The van der Waals surface area contributed by atoms with Crippen LogP contribution >= 0.6 is 15.9 Å². The molecule has 0 bridgehead atoms. The van der Waals surface area contributed by atoms with Crippen LogP contribution in [0.5, 0.6) is 5.75 Å². The first kappa shape index (κ1) is 12.0. The highest BCUT2D eigenvalue weighted by molar-refractivity contribution is 9.10. The van der Waals surface area contributed by atoms with Gasteiger partial charge in [0.15, 0.2) is 11.6 Å². The smallest absolute Gasteiger partial charge is 0.159 e. The molecule has 2 aromatic rings. The average Bonchev–Trinajstić information content (AvgIpc) is 2.38. The van der Waals surface area contributed by atoms with Crippen molar-refractivity contribution in [2.75, 3.05) is 13.2 Å². The Hall–Kier alpha value is -1.46. The minimum atomic E-state index is -0.0194. The van der Waals surface area contributed by atoms with Gasteiger partial charge in [-0.25, -0.2) is 9.97 Å². The summed E-state index contributed by atoms with van der Waals surface area (Å²) in [5, 5.41) is 8.62. The lowest BCUT2D eigenvalue weighted by atomic mass is 10.2. The largest absolute Gasteiger partial charge is 0.488 e. The number of halogens is 1. The van der Waals surface area contributed by atoms with Crippen molar-refractivity contribution < 1.29 is 9.84 Å². The molecule has 0 aliphatic rings. The second-order valence-electron chi connectivity index (χ2n) is 3.32. The minimum Gasteiger partial charge on any atom is -0.488 e. The van der Waals surface area contributed by atoms with Gasteiger partial charge in [0.25, 0.3) is 0 Å². The molecular weight excluding hydrogens is 284 g/mol. The molecule has 0 unspecified atom stereocenters. The van der Waals surface area contributed by atoms with Gasteiger partial charge in [-0.1, -0.05) is 28.1 Å². The van der Waals surface area contributed by atoms with E-state index in [0.29, 0.717) is 11.6 Å². The van der Waals surface area contributed by atoms with Crippen LogP contribution in [0.2, 0.25) is 0 Å². The molecule has 1 heterocycles. The molecule has 17 heavy (non-hydrogen) atoms. The Morgan fingerprint density at radius 3 is 2.35 bits per heavy atom. The van der Waals surface area contributed by atoms with Crippen LogP contribution in [0.3, 0.4) is 0 Å². The number of benzene rings is 1. The van der Waals surface area contributed by atoms with E-state index in [9.17, 15) is 0 Å². The van der Waals surface area contributed by atoms with Crippen LogP contribution in [0.15, 0.2) is 41.1 Å². The molecule has 0 aliphatic heterocycles. The van der Waals surface area contributed by atoms with Gasteiger partial charge in [0.05, 0.1) is 19.0 Å². The first-order valence-corrected chi connectivity index (χ1v) is 5.90. The predicted molar refractivity (Wildman–Crippen MR) is 67.7 cm³/mol. The van der Waals surface area contributed by atoms with E-state index in [1.54, 1.807) is 12.4 Å². The number of ether oxygens (including phenoxy) is 1. The van der Waals surface area contributed by atoms with Crippen molar-refractivity contribution >= 4 is 15.9 Å². The van der Waals surface area contributed by atoms with Gasteiger partial charge in [-0.15, -0.1) is 0 Å². The van der Waals surface area contributed by atoms with E-state index in [0.717, 1.165) is 10.0 Å². The molecule has 4 nitrogen and oxygen atoms in total. The second-order valence-corrected chi connectivity index (χ2v) is 4.24. The van der Waals surface area contributed by atoms with Crippen LogP contribution in [-0.2, 0) is 0 Å². The summed E-state index contributed by atoms with van der Waals surface area (Å²) < 4.78 is 6.20. The van der Waals surface area contributed by atoms with Crippen LogP contribution in [0, 0.1) is 0 Å². The Kier molecular flexibility index (Phi) is 4.06.